The van der Waals surface area contributed by atoms with Crippen LogP contribution in [-0.4, -0.2) is 18.6 Å². The number of hydrogen-bond donors (Lipinski definition) is 2. The first-order valence-corrected chi connectivity index (χ1v) is 6.20. The summed E-state index contributed by atoms with van der Waals surface area (Å²) >= 11 is 0. The van der Waals surface area contributed by atoms with Crippen LogP contribution in [-0.2, 0) is 0 Å². The summed E-state index contributed by atoms with van der Waals surface area (Å²) in [4.78, 5) is 12.2. The fourth-order valence-electron chi connectivity index (χ4n) is 2.13. The molecule has 0 saturated heterocycles. The van der Waals surface area contributed by atoms with Crippen LogP contribution >= 0.6 is 0 Å². The lowest BCUT2D eigenvalue weighted by Gasteiger charge is -2.26. The van der Waals surface area contributed by atoms with E-state index < -0.39 is 0 Å². The molecule has 1 saturated carbocycles. The van der Waals surface area contributed by atoms with E-state index in [0.717, 1.165) is 0 Å². The number of ether oxygens (including phenoxy) is 1. The van der Waals surface area contributed by atoms with Crippen LogP contribution in [0.2, 0.25) is 0 Å². The summed E-state index contributed by atoms with van der Waals surface area (Å²) in [6, 6.07) is 5.11. The average molecular weight is 248 g/mol. The second kappa shape index (κ2) is 4.52. The molecule has 4 nitrogen and oxygen atoms in total. The van der Waals surface area contributed by atoms with E-state index in [2.05, 4.69) is 19.2 Å². The van der Waals surface area contributed by atoms with Crippen LogP contribution in [0.5, 0.6) is 5.75 Å². The van der Waals surface area contributed by atoms with Gasteiger partial charge in [0, 0.05) is 11.2 Å². The van der Waals surface area contributed by atoms with Gasteiger partial charge in [0.15, 0.2) is 0 Å². The Morgan fingerprint density at radius 1 is 1.44 bits per heavy atom. The fraction of sp³-hybridized carbons (Fsp3) is 0.500. The molecule has 0 aliphatic heterocycles. The SMILES string of the molecule is COc1ccc(N)c(C(=O)NC(C)(C)C2CC2)c1. The molecule has 18 heavy (non-hydrogen) atoms. The van der Waals surface area contributed by atoms with Crippen LogP contribution in [0.15, 0.2) is 18.2 Å². The molecule has 1 aliphatic rings. The van der Waals surface area contributed by atoms with Crippen molar-refractivity contribution < 1.29 is 9.53 Å². The number of carbonyl (C=O) groups is 1. The highest BCUT2D eigenvalue weighted by Crippen LogP contribution is 2.39. The molecule has 0 spiro atoms. The first-order chi connectivity index (χ1) is 8.44. The molecule has 1 aromatic carbocycles. The highest BCUT2D eigenvalue weighted by Gasteiger charge is 2.39. The molecule has 98 valence electrons. The van der Waals surface area contributed by atoms with Crippen molar-refractivity contribution in [2.24, 2.45) is 5.92 Å². The van der Waals surface area contributed by atoms with Crippen LogP contribution < -0.4 is 15.8 Å². The topological polar surface area (TPSA) is 64.3 Å². The van der Waals surface area contributed by atoms with Gasteiger partial charge in [-0.25, -0.2) is 0 Å². The van der Waals surface area contributed by atoms with Gasteiger partial charge in [-0.15, -0.1) is 0 Å². The Morgan fingerprint density at radius 2 is 2.11 bits per heavy atom. The molecule has 1 aromatic rings. The summed E-state index contributed by atoms with van der Waals surface area (Å²) < 4.78 is 5.11. The Bertz CT molecular complexity index is 465. The summed E-state index contributed by atoms with van der Waals surface area (Å²) in [7, 11) is 1.57. The van der Waals surface area contributed by atoms with E-state index in [-0.39, 0.29) is 11.4 Å². The first kappa shape index (κ1) is 12.7. The van der Waals surface area contributed by atoms with Crippen LogP contribution in [0.4, 0.5) is 5.69 Å². The number of rotatable bonds is 4. The Hall–Kier alpha value is -1.71. The summed E-state index contributed by atoms with van der Waals surface area (Å²) in [5.41, 5.74) is 6.61. The quantitative estimate of drug-likeness (QED) is 0.803. The largest absolute Gasteiger partial charge is 0.497 e. The number of carbonyl (C=O) groups excluding carboxylic acids is 1. The Balaban J connectivity index is 2.17. The molecule has 0 bridgehead atoms. The number of nitrogen functional groups attached to an aromatic ring is 1. The van der Waals surface area contributed by atoms with Gasteiger partial charge in [-0.05, 0) is 50.8 Å². The van der Waals surface area contributed by atoms with Gasteiger partial charge >= 0.3 is 0 Å². The van der Waals surface area contributed by atoms with Crippen molar-refractivity contribution in [2.45, 2.75) is 32.2 Å². The fourth-order valence-corrected chi connectivity index (χ4v) is 2.13. The molecular formula is C14H20N2O2. The van der Waals surface area contributed by atoms with Crippen LogP contribution in [0.25, 0.3) is 0 Å². The Labute approximate surface area is 108 Å². The van der Waals surface area contributed by atoms with Crippen molar-refractivity contribution in [1.29, 1.82) is 0 Å². The van der Waals surface area contributed by atoms with E-state index in [1.807, 2.05) is 0 Å². The van der Waals surface area contributed by atoms with Crippen LogP contribution in [0, 0.1) is 5.92 Å². The van der Waals surface area contributed by atoms with Crippen molar-refractivity contribution in [2.75, 3.05) is 12.8 Å². The lowest BCUT2D eigenvalue weighted by molar-refractivity contribution is 0.0904. The monoisotopic (exact) mass is 248 g/mol. The zero-order valence-corrected chi connectivity index (χ0v) is 11.1. The predicted molar refractivity (Wildman–Crippen MR) is 71.7 cm³/mol. The third-order valence-corrected chi connectivity index (χ3v) is 3.54. The molecule has 0 heterocycles. The average Bonchev–Trinajstić information content (AvgIpc) is 3.13. The van der Waals surface area contributed by atoms with Crippen molar-refractivity contribution >= 4 is 11.6 Å². The van der Waals surface area contributed by atoms with E-state index >= 15 is 0 Å². The van der Waals surface area contributed by atoms with Crippen LogP contribution in [0.3, 0.4) is 0 Å². The third-order valence-electron chi connectivity index (χ3n) is 3.54. The highest BCUT2D eigenvalue weighted by molar-refractivity contribution is 6.00. The van der Waals surface area contributed by atoms with Crippen molar-refractivity contribution in [1.82, 2.24) is 5.32 Å². The summed E-state index contributed by atoms with van der Waals surface area (Å²) in [6.45, 7) is 4.11. The molecule has 0 atom stereocenters. The minimum atomic E-state index is -0.174. The lowest BCUT2D eigenvalue weighted by atomic mass is 9.98. The van der Waals surface area contributed by atoms with Gasteiger partial charge < -0.3 is 15.8 Å². The number of methoxy groups -OCH3 is 1. The van der Waals surface area contributed by atoms with E-state index in [4.69, 9.17) is 10.5 Å². The lowest BCUT2D eigenvalue weighted by Crippen LogP contribution is -2.45. The maximum atomic E-state index is 12.2. The zero-order chi connectivity index (χ0) is 13.3. The van der Waals surface area contributed by atoms with Gasteiger partial charge in [0.1, 0.15) is 5.75 Å². The molecule has 1 fully saturated rings. The number of anilines is 1. The second-order valence-electron chi connectivity index (χ2n) is 5.40. The van der Waals surface area contributed by atoms with E-state index in [9.17, 15) is 4.79 Å². The van der Waals surface area contributed by atoms with Crippen molar-refractivity contribution in [3.05, 3.63) is 23.8 Å². The molecule has 0 aromatic heterocycles. The number of nitrogens with one attached hydrogen (secondary N) is 1. The molecule has 1 amide bonds. The van der Waals surface area contributed by atoms with Gasteiger partial charge in [-0.2, -0.15) is 0 Å². The summed E-state index contributed by atoms with van der Waals surface area (Å²) in [5, 5.41) is 3.05. The minimum Gasteiger partial charge on any atom is -0.497 e. The maximum absolute atomic E-state index is 12.2. The van der Waals surface area contributed by atoms with E-state index in [1.165, 1.54) is 12.8 Å². The predicted octanol–water partition coefficient (Wildman–Crippen LogP) is 2.20. The van der Waals surface area contributed by atoms with Crippen molar-refractivity contribution in [3.63, 3.8) is 0 Å². The zero-order valence-electron chi connectivity index (χ0n) is 11.1. The number of hydrogen-bond acceptors (Lipinski definition) is 3. The second-order valence-corrected chi connectivity index (χ2v) is 5.40. The smallest absolute Gasteiger partial charge is 0.253 e. The normalized spacial score (nSPS) is 15.3. The van der Waals surface area contributed by atoms with Gasteiger partial charge in [0.25, 0.3) is 5.91 Å². The van der Waals surface area contributed by atoms with Crippen LogP contribution in [0.1, 0.15) is 37.0 Å². The minimum absolute atomic E-state index is 0.136. The van der Waals surface area contributed by atoms with E-state index in [1.54, 1.807) is 25.3 Å². The summed E-state index contributed by atoms with van der Waals surface area (Å²) in [5.74, 6) is 1.08. The first-order valence-electron chi connectivity index (χ1n) is 6.20. The van der Waals surface area contributed by atoms with Gasteiger partial charge in [-0.1, -0.05) is 0 Å². The maximum Gasteiger partial charge on any atom is 0.253 e. The molecular weight excluding hydrogens is 228 g/mol. The summed E-state index contributed by atoms with van der Waals surface area (Å²) in [6.07, 6.45) is 2.36. The standard InChI is InChI=1S/C14H20N2O2/c1-14(2,9-4-5-9)16-13(17)11-8-10(18-3)6-7-12(11)15/h6-9H,4-5,15H2,1-3H3,(H,16,17). The molecule has 1 aliphatic carbocycles. The van der Waals surface area contributed by atoms with Gasteiger partial charge in [-0.3, -0.25) is 4.79 Å². The molecule has 4 heteroatoms. The number of nitrogens with two attached hydrogens (primary N) is 1. The molecule has 3 N–H and O–H groups in total. The number of amides is 1. The highest BCUT2D eigenvalue weighted by atomic mass is 16.5. The Morgan fingerprint density at radius 3 is 2.67 bits per heavy atom. The molecule has 2 rings (SSSR count). The molecule has 0 unspecified atom stereocenters. The Kier molecular flexibility index (Phi) is 3.20. The van der Waals surface area contributed by atoms with Gasteiger partial charge in [0.2, 0.25) is 0 Å². The van der Waals surface area contributed by atoms with Gasteiger partial charge in [0.05, 0.1) is 12.7 Å². The van der Waals surface area contributed by atoms with E-state index in [0.29, 0.717) is 22.9 Å². The van der Waals surface area contributed by atoms with Crippen molar-refractivity contribution in [3.8, 4) is 5.75 Å². The molecule has 0 radical (unpaired) electrons. The third kappa shape index (κ3) is 2.58. The number of benzene rings is 1.